The van der Waals surface area contributed by atoms with Gasteiger partial charge >= 0.3 is 0 Å². The van der Waals surface area contributed by atoms with E-state index in [1.807, 2.05) is 42.5 Å². The van der Waals surface area contributed by atoms with Crippen molar-refractivity contribution in [1.82, 2.24) is 15.2 Å². The molecule has 0 bridgehead atoms. The van der Waals surface area contributed by atoms with Crippen LogP contribution in [0.2, 0.25) is 0 Å². The lowest BCUT2D eigenvalue weighted by atomic mass is 10.0. The van der Waals surface area contributed by atoms with Crippen LogP contribution in [0.3, 0.4) is 0 Å². The molecular weight excluding hydrogens is 322 g/mol. The zero-order valence-corrected chi connectivity index (χ0v) is 15.5. The summed E-state index contributed by atoms with van der Waals surface area (Å²) in [6.45, 7) is 2.05. The molecule has 0 aliphatic carbocycles. The van der Waals surface area contributed by atoms with E-state index in [1.54, 1.807) is 19.0 Å². The minimum absolute atomic E-state index is 0.0304. The topological polar surface area (TPSA) is 45.2 Å². The number of hydrogen-bond donors (Lipinski definition) is 1. The van der Waals surface area contributed by atoms with Crippen LogP contribution in [0.15, 0.2) is 66.7 Å². The Morgan fingerprint density at radius 1 is 1.00 bits per heavy atom. The fraction of sp³-hybridized carbons (Fsp3) is 0.273. The number of carbonyl (C=O) groups is 1. The lowest BCUT2D eigenvalue weighted by Crippen LogP contribution is -2.46. The molecule has 1 heterocycles. The summed E-state index contributed by atoms with van der Waals surface area (Å²) < 4.78 is 0. The number of rotatable bonds is 6. The molecule has 0 saturated carbocycles. The fourth-order valence-corrected chi connectivity index (χ4v) is 3.09. The summed E-state index contributed by atoms with van der Waals surface area (Å²) in [5.74, 6) is 0.0708. The van der Waals surface area contributed by atoms with Gasteiger partial charge in [-0.2, -0.15) is 0 Å². The minimum Gasteiger partial charge on any atom is -0.347 e. The molecule has 3 aromatic rings. The molecule has 3 rings (SSSR count). The van der Waals surface area contributed by atoms with Gasteiger partial charge in [0.15, 0.2) is 0 Å². The van der Waals surface area contributed by atoms with E-state index >= 15 is 0 Å². The fourth-order valence-electron chi connectivity index (χ4n) is 3.09. The first-order valence-corrected chi connectivity index (χ1v) is 8.91. The summed E-state index contributed by atoms with van der Waals surface area (Å²) in [7, 11) is 3.59. The van der Waals surface area contributed by atoms with E-state index in [0.717, 1.165) is 22.2 Å². The summed E-state index contributed by atoms with van der Waals surface area (Å²) in [6, 6.07) is 21.9. The number of fused-ring (bicyclic) bond motifs is 1. The zero-order valence-electron chi connectivity index (χ0n) is 15.5. The molecule has 1 aromatic heterocycles. The van der Waals surface area contributed by atoms with Crippen molar-refractivity contribution in [3.8, 4) is 0 Å². The minimum atomic E-state index is -0.296. The molecule has 0 fully saturated rings. The van der Waals surface area contributed by atoms with Gasteiger partial charge in [-0.05, 0) is 31.0 Å². The second-order valence-corrected chi connectivity index (χ2v) is 6.79. The largest absolute Gasteiger partial charge is 0.347 e. The second-order valence-electron chi connectivity index (χ2n) is 6.79. The van der Waals surface area contributed by atoms with Crippen molar-refractivity contribution in [2.75, 3.05) is 14.1 Å². The second kappa shape index (κ2) is 8.11. The Labute approximate surface area is 154 Å². The lowest BCUT2D eigenvalue weighted by molar-refractivity contribution is -0.131. The molecule has 1 amide bonds. The van der Waals surface area contributed by atoms with E-state index in [4.69, 9.17) is 4.98 Å². The Hall–Kier alpha value is -2.72. The number of nitrogens with one attached hydrogen (secondary N) is 1. The van der Waals surface area contributed by atoms with Crippen LogP contribution in [0.4, 0.5) is 0 Å². The van der Waals surface area contributed by atoms with E-state index in [9.17, 15) is 4.79 Å². The van der Waals surface area contributed by atoms with Crippen LogP contribution in [-0.2, 0) is 11.2 Å². The number of para-hydroxylation sites is 1. The van der Waals surface area contributed by atoms with Gasteiger partial charge in [0.05, 0.1) is 17.3 Å². The van der Waals surface area contributed by atoms with Crippen LogP contribution < -0.4 is 5.32 Å². The molecule has 0 aliphatic heterocycles. The average Bonchev–Trinajstić information content (AvgIpc) is 2.67. The first kappa shape index (κ1) is 18.1. The highest BCUT2D eigenvalue weighted by molar-refractivity contribution is 5.82. The number of carbonyl (C=O) groups excluding carboxylic acids is 1. The first-order valence-electron chi connectivity index (χ1n) is 8.91. The van der Waals surface area contributed by atoms with Gasteiger partial charge in [0, 0.05) is 25.5 Å². The molecule has 0 spiro atoms. The van der Waals surface area contributed by atoms with Crippen LogP contribution in [0.5, 0.6) is 0 Å². The summed E-state index contributed by atoms with van der Waals surface area (Å²) >= 11 is 0. The van der Waals surface area contributed by atoms with E-state index in [2.05, 4.69) is 36.5 Å². The van der Waals surface area contributed by atoms with Crippen molar-refractivity contribution in [1.29, 1.82) is 0 Å². The highest BCUT2D eigenvalue weighted by Gasteiger charge is 2.23. The van der Waals surface area contributed by atoms with Gasteiger partial charge in [0.1, 0.15) is 0 Å². The number of aromatic nitrogens is 1. The molecule has 134 valence electrons. The molecule has 4 heteroatoms. The molecule has 0 saturated heterocycles. The van der Waals surface area contributed by atoms with Gasteiger partial charge < -0.3 is 4.90 Å². The molecule has 26 heavy (non-hydrogen) atoms. The maximum atomic E-state index is 12.7. The maximum Gasteiger partial charge on any atom is 0.239 e. The number of nitrogens with zero attached hydrogens (tertiary/aromatic N) is 2. The van der Waals surface area contributed by atoms with Crippen LogP contribution in [0.1, 0.15) is 24.2 Å². The third kappa shape index (κ3) is 4.27. The number of likely N-dealkylation sites (N-methyl/N-ethyl adjacent to an activating group) is 1. The first-order chi connectivity index (χ1) is 12.5. The van der Waals surface area contributed by atoms with Crippen LogP contribution >= 0.6 is 0 Å². The van der Waals surface area contributed by atoms with E-state index in [1.165, 1.54) is 0 Å². The summed E-state index contributed by atoms with van der Waals surface area (Å²) in [5, 5.41) is 4.59. The Morgan fingerprint density at radius 2 is 1.69 bits per heavy atom. The van der Waals surface area contributed by atoms with Crippen molar-refractivity contribution in [3.05, 3.63) is 78.0 Å². The summed E-state index contributed by atoms with van der Waals surface area (Å²) in [4.78, 5) is 19.1. The highest BCUT2D eigenvalue weighted by atomic mass is 16.2. The Morgan fingerprint density at radius 3 is 2.42 bits per heavy atom. The van der Waals surface area contributed by atoms with Crippen LogP contribution in [-0.4, -0.2) is 35.9 Å². The summed E-state index contributed by atoms with van der Waals surface area (Å²) in [6.07, 6.45) is 0.649. The van der Waals surface area contributed by atoms with E-state index in [-0.39, 0.29) is 18.0 Å². The van der Waals surface area contributed by atoms with Crippen molar-refractivity contribution in [2.45, 2.75) is 25.4 Å². The molecule has 2 aromatic carbocycles. The van der Waals surface area contributed by atoms with Crippen LogP contribution in [0, 0.1) is 0 Å². The predicted octanol–water partition coefficient (Wildman–Crippen LogP) is 3.58. The lowest BCUT2D eigenvalue weighted by Gasteiger charge is -2.25. The normalized spacial score (nSPS) is 13.3. The number of benzene rings is 2. The molecule has 2 atom stereocenters. The van der Waals surface area contributed by atoms with Gasteiger partial charge in [-0.1, -0.05) is 54.6 Å². The standard InChI is InChI=1S/C22H25N3O/c1-16(19-14-13-18-11-7-8-12-20(18)24-19)23-21(22(26)25(2)3)15-17-9-5-4-6-10-17/h4-14,16,21,23H,15H2,1-3H3/t16-,21+/m1/s1. The van der Waals surface area contributed by atoms with Crippen LogP contribution in [0.25, 0.3) is 10.9 Å². The third-order valence-electron chi connectivity index (χ3n) is 4.54. The quantitative estimate of drug-likeness (QED) is 0.741. The Kier molecular flexibility index (Phi) is 5.64. The van der Waals surface area contributed by atoms with Gasteiger partial charge in [0.25, 0.3) is 0 Å². The average molecular weight is 347 g/mol. The zero-order chi connectivity index (χ0) is 18.5. The molecular formula is C22H25N3O. The third-order valence-corrected chi connectivity index (χ3v) is 4.54. The van der Waals surface area contributed by atoms with Gasteiger partial charge in [0.2, 0.25) is 5.91 Å². The Balaban J connectivity index is 1.81. The van der Waals surface area contributed by atoms with Crippen molar-refractivity contribution < 1.29 is 4.79 Å². The van der Waals surface area contributed by atoms with Crippen molar-refractivity contribution >= 4 is 16.8 Å². The summed E-state index contributed by atoms with van der Waals surface area (Å²) in [5.41, 5.74) is 3.05. The molecule has 1 N–H and O–H groups in total. The number of hydrogen-bond acceptors (Lipinski definition) is 3. The maximum absolute atomic E-state index is 12.7. The van der Waals surface area contributed by atoms with Crippen molar-refractivity contribution in [3.63, 3.8) is 0 Å². The molecule has 4 nitrogen and oxygen atoms in total. The molecule has 0 aliphatic rings. The SMILES string of the molecule is C[C@@H](N[C@@H](Cc1ccccc1)C(=O)N(C)C)c1ccc2ccccc2n1. The predicted molar refractivity (Wildman–Crippen MR) is 106 cm³/mol. The van der Waals surface area contributed by atoms with Crippen molar-refractivity contribution in [2.24, 2.45) is 0 Å². The molecule has 0 radical (unpaired) electrons. The van der Waals surface area contributed by atoms with Gasteiger partial charge in [-0.15, -0.1) is 0 Å². The Bertz CT molecular complexity index is 877. The van der Waals surface area contributed by atoms with E-state index < -0.39 is 0 Å². The number of pyridine rings is 1. The number of amides is 1. The monoisotopic (exact) mass is 347 g/mol. The smallest absolute Gasteiger partial charge is 0.239 e. The molecule has 0 unspecified atom stereocenters. The van der Waals surface area contributed by atoms with Gasteiger partial charge in [-0.3, -0.25) is 15.1 Å². The highest BCUT2D eigenvalue weighted by Crippen LogP contribution is 2.18. The van der Waals surface area contributed by atoms with E-state index in [0.29, 0.717) is 6.42 Å². The van der Waals surface area contributed by atoms with Gasteiger partial charge in [-0.25, -0.2) is 0 Å².